The number of aryl methyl sites for hydroxylation is 1. The first-order chi connectivity index (χ1) is 11.7. The van der Waals surface area contributed by atoms with Crippen LogP contribution in [-0.2, 0) is 11.8 Å². The van der Waals surface area contributed by atoms with Gasteiger partial charge in [0.25, 0.3) is 5.91 Å². The van der Waals surface area contributed by atoms with Crippen LogP contribution in [0.15, 0.2) is 30.6 Å². The summed E-state index contributed by atoms with van der Waals surface area (Å²) in [5, 5.41) is 4.11. The molecule has 0 radical (unpaired) electrons. The van der Waals surface area contributed by atoms with Crippen LogP contribution >= 0.6 is 0 Å². The van der Waals surface area contributed by atoms with E-state index in [-0.39, 0.29) is 18.1 Å². The summed E-state index contributed by atoms with van der Waals surface area (Å²) in [6, 6.07) is 7.21. The molecular formula is C17H20N4O3. The number of hydrogen-bond acceptors (Lipinski definition) is 5. The Morgan fingerprint density at radius 2 is 2.17 bits per heavy atom. The monoisotopic (exact) mass is 328 g/mol. The lowest BCUT2D eigenvalue weighted by Crippen LogP contribution is -2.44. The maximum atomic E-state index is 13.2. The van der Waals surface area contributed by atoms with Gasteiger partial charge in [0.05, 0.1) is 24.9 Å². The molecule has 0 N–H and O–H groups in total. The van der Waals surface area contributed by atoms with Gasteiger partial charge in [-0.3, -0.25) is 9.48 Å². The largest absolute Gasteiger partial charge is 0.490 e. The molecule has 1 atom stereocenters. The van der Waals surface area contributed by atoms with Gasteiger partial charge in [-0.25, -0.2) is 4.98 Å². The van der Waals surface area contributed by atoms with E-state index in [4.69, 9.17) is 9.47 Å². The minimum Gasteiger partial charge on any atom is -0.490 e. The molecular weight excluding hydrogens is 308 g/mol. The second kappa shape index (κ2) is 6.24. The van der Waals surface area contributed by atoms with Gasteiger partial charge in [-0.05, 0) is 25.0 Å². The van der Waals surface area contributed by atoms with Gasteiger partial charge in [0, 0.05) is 13.6 Å². The molecule has 4 rings (SSSR count). The second-order valence-corrected chi connectivity index (χ2v) is 6.14. The Hall–Kier alpha value is -2.41. The van der Waals surface area contributed by atoms with Crippen molar-refractivity contribution in [3.63, 3.8) is 0 Å². The third kappa shape index (κ3) is 2.87. The lowest BCUT2D eigenvalue weighted by atomic mass is 10.1. The number of ether oxygens (including phenoxy) is 2. The van der Waals surface area contributed by atoms with Crippen molar-refractivity contribution in [3.8, 4) is 5.75 Å². The van der Waals surface area contributed by atoms with Crippen LogP contribution in [0.1, 0.15) is 35.1 Å². The SMILES string of the molecule is Cn1ncnc1C1COCCN1C(=O)c1ccccc1OC1CC1. The normalized spacial score (nSPS) is 20.9. The molecule has 1 aromatic carbocycles. The molecule has 0 spiro atoms. The summed E-state index contributed by atoms with van der Waals surface area (Å²) < 4.78 is 13.2. The van der Waals surface area contributed by atoms with Crippen molar-refractivity contribution >= 4 is 5.91 Å². The zero-order chi connectivity index (χ0) is 16.5. The van der Waals surface area contributed by atoms with E-state index in [1.165, 1.54) is 6.33 Å². The minimum atomic E-state index is -0.243. The first-order valence-electron chi connectivity index (χ1n) is 8.22. The van der Waals surface area contributed by atoms with Gasteiger partial charge in [0.2, 0.25) is 0 Å². The van der Waals surface area contributed by atoms with E-state index in [1.54, 1.807) is 4.68 Å². The molecule has 1 saturated heterocycles. The second-order valence-electron chi connectivity index (χ2n) is 6.14. The number of carbonyl (C=O) groups is 1. The van der Waals surface area contributed by atoms with Gasteiger partial charge >= 0.3 is 0 Å². The van der Waals surface area contributed by atoms with Crippen molar-refractivity contribution in [1.82, 2.24) is 19.7 Å². The Balaban J connectivity index is 1.63. The van der Waals surface area contributed by atoms with Crippen molar-refractivity contribution in [2.24, 2.45) is 7.05 Å². The van der Waals surface area contributed by atoms with Crippen molar-refractivity contribution in [2.45, 2.75) is 25.0 Å². The zero-order valence-electron chi connectivity index (χ0n) is 13.6. The molecule has 0 bridgehead atoms. The number of benzene rings is 1. The molecule has 2 heterocycles. The highest BCUT2D eigenvalue weighted by Gasteiger charge is 2.34. The molecule has 1 unspecified atom stereocenters. The smallest absolute Gasteiger partial charge is 0.258 e. The third-order valence-electron chi connectivity index (χ3n) is 4.37. The first-order valence-corrected chi connectivity index (χ1v) is 8.22. The van der Waals surface area contributed by atoms with E-state index in [0.29, 0.717) is 31.1 Å². The van der Waals surface area contributed by atoms with E-state index in [1.807, 2.05) is 36.2 Å². The van der Waals surface area contributed by atoms with Crippen LogP contribution in [0.3, 0.4) is 0 Å². The van der Waals surface area contributed by atoms with Crippen LogP contribution < -0.4 is 4.74 Å². The van der Waals surface area contributed by atoms with Crippen molar-refractivity contribution in [3.05, 3.63) is 42.0 Å². The standard InChI is InChI=1S/C17H20N4O3/c1-20-16(18-11-19-20)14-10-23-9-8-21(14)17(22)13-4-2-3-5-15(13)24-12-6-7-12/h2-5,11-12,14H,6-10H2,1H3. The number of amides is 1. The maximum Gasteiger partial charge on any atom is 0.258 e. The number of hydrogen-bond donors (Lipinski definition) is 0. The average Bonchev–Trinajstić information content (AvgIpc) is 3.33. The molecule has 2 aromatic rings. The summed E-state index contributed by atoms with van der Waals surface area (Å²) in [6.07, 6.45) is 3.86. The van der Waals surface area contributed by atoms with Gasteiger partial charge in [-0.15, -0.1) is 0 Å². The highest BCUT2D eigenvalue weighted by molar-refractivity contribution is 5.97. The van der Waals surface area contributed by atoms with Crippen LogP contribution in [0.4, 0.5) is 0 Å². The highest BCUT2D eigenvalue weighted by Crippen LogP contribution is 2.31. The van der Waals surface area contributed by atoms with Crippen molar-refractivity contribution in [1.29, 1.82) is 0 Å². The topological polar surface area (TPSA) is 69.5 Å². The van der Waals surface area contributed by atoms with E-state index < -0.39 is 0 Å². The van der Waals surface area contributed by atoms with Crippen LogP contribution in [0.5, 0.6) is 5.75 Å². The predicted molar refractivity (Wildman–Crippen MR) is 85.7 cm³/mol. The fourth-order valence-electron chi connectivity index (χ4n) is 2.93. The molecule has 1 saturated carbocycles. The number of aromatic nitrogens is 3. The number of carbonyl (C=O) groups excluding carboxylic acids is 1. The Kier molecular flexibility index (Phi) is 3.93. The summed E-state index contributed by atoms with van der Waals surface area (Å²) in [5.74, 6) is 1.33. The van der Waals surface area contributed by atoms with E-state index in [9.17, 15) is 4.79 Å². The lowest BCUT2D eigenvalue weighted by Gasteiger charge is -2.35. The van der Waals surface area contributed by atoms with Crippen molar-refractivity contribution < 1.29 is 14.3 Å². The van der Waals surface area contributed by atoms with Gasteiger partial charge in [0.1, 0.15) is 18.1 Å². The Bertz CT molecular complexity index is 741. The minimum absolute atomic E-state index is 0.0532. The van der Waals surface area contributed by atoms with Crippen LogP contribution in [-0.4, -0.2) is 51.4 Å². The Morgan fingerprint density at radius 1 is 1.33 bits per heavy atom. The number of rotatable bonds is 4. The summed E-state index contributed by atoms with van der Waals surface area (Å²) in [4.78, 5) is 19.3. The molecule has 2 aliphatic rings. The molecule has 2 fully saturated rings. The van der Waals surface area contributed by atoms with Crippen LogP contribution in [0.2, 0.25) is 0 Å². The summed E-state index contributed by atoms with van der Waals surface area (Å²) in [5.41, 5.74) is 0.596. The molecule has 126 valence electrons. The third-order valence-corrected chi connectivity index (χ3v) is 4.37. The number of nitrogens with zero attached hydrogens (tertiary/aromatic N) is 4. The van der Waals surface area contributed by atoms with E-state index in [0.717, 1.165) is 18.7 Å². The summed E-state index contributed by atoms with van der Waals surface area (Å²) >= 11 is 0. The van der Waals surface area contributed by atoms with Gasteiger partial charge in [-0.1, -0.05) is 12.1 Å². The van der Waals surface area contributed by atoms with Crippen LogP contribution in [0.25, 0.3) is 0 Å². The van der Waals surface area contributed by atoms with Gasteiger partial charge in [-0.2, -0.15) is 5.10 Å². The Morgan fingerprint density at radius 3 is 2.92 bits per heavy atom. The van der Waals surface area contributed by atoms with Gasteiger partial charge in [0.15, 0.2) is 5.82 Å². The molecule has 24 heavy (non-hydrogen) atoms. The highest BCUT2D eigenvalue weighted by atomic mass is 16.5. The zero-order valence-corrected chi connectivity index (χ0v) is 13.6. The number of para-hydroxylation sites is 1. The maximum absolute atomic E-state index is 13.2. The summed E-state index contributed by atoms with van der Waals surface area (Å²) in [7, 11) is 1.82. The Labute approximate surface area is 140 Å². The number of morpholine rings is 1. The molecule has 1 amide bonds. The van der Waals surface area contributed by atoms with Gasteiger partial charge < -0.3 is 14.4 Å². The molecule has 7 heteroatoms. The van der Waals surface area contributed by atoms with E-state index in [2.05, 4.69) is 10.1 Å². The van der Waals surface area contributed by atoms with Crippen LogP contribution in [0, 0.1) is 0 Å². The lowest BCUT2D eigenvalue weighted by molar-refractivity contribution is -0.00637. The fourth-order valence-corrected chi connectivity index (χ4v) is 2.93. The first kappa shape index (κ1) is 15.1. The fraction of sp³-hybridized carbons (Fsp3) is 0.471. The molecule has 7 nitrogen and oxygen atoms in total. The van der Waals surface area contributed by atoms with E-state index >= 15 is 0 Å². The summed E-state index contributed by atoms with van der Waals surface area (Å²) in [6.45, 7) is 1.46. The average molecular weight is 328 g/mol. The predicted octanol–water partition coefficient (Wildman–Crippen LogP) is 1.57. The quantitative estimate of drug-likeness (QED) is 0.852. The molecule has 1 aromatic heterocycles. The van der Waals surface area contributed by atoms with Crippen molar-refractivity contribution in [2.75, 3.05) is 19.8 Å². The molecule has 1 aliphatic heterocycles. The molecule has 1 aliphatic carbocycles.